The normalized spacial score (nSPS) is 13.2. The van der Waals surface area contributed by atoms with Gasteiger partial charge in [-0.3, -0.25) is 4.79 Å². The van der Waals surface area contributed by atoms with Crippen LogP contribution in [0, 0.1) is 6.92 Å². The molecule has 3 rings (SSSR count). The third-order valence-corrected chi connectivity index (χ3v) is 5.12. The molecule has 0 spiro atoms. The van der Waals surface area contributed by atoms with Gasteiger partial charge in [-0.1, -0.05) is 6.07 Å². The molecule has 1 aliphatic rings. The van der Waals surface area contributed by atoms with Gasteiger partial charge >= 0.3 is 0 Å². The van der Waals surface area contributed by atoms with Crippen molar-refractivity contribution < 1.29 is 4.79 Å². The predicted molar refractivity (Wildman–Crippen MR) is 91.8 cm³/mol. The van der Waals surface area contributed by atoms with Gasteiger partial charge < -0.3 is 11.1 Å². The number of hydrogen-bond donors (Lipinski definition) is 2. The SMILES string of the molecule is Cc1c(NC(=O)c2cccc(N)c2)sc2c1CCCC2.Cl. The second kappa shape index (κ2) is 6.50. The van der Waals surface area contributed by atoms with E-state index in [1.807, 2.05) is 0 Å². The number of carbonyl (C=O) groups is 1. The molecule has 1 heterocycles. The van der Waals surface area contributed by atoms with Gasteiger partial charge in [-0.25, -0.2) is 0 Å². The van der Waals surface area contributed by atoms with Crippen LogP contribution < -0.4 is 11.1 Å². The summed E-state index contributed by atoms with van der Waals surface area (Å²) in [6, 6.07) is 7.08. The summed E-state index contributed by atoms with van der Waals surface area (Å²) >= 11 is 1.73. The Morgan fingerprint density at radius 2 is 2.05 bits per heavy atom. The number of rotatable bonds is 2. The Morgan fingerprint density at radius 3 is 2.76 bits per heavy atom. The second-order valence-electron chi connectivity index (χ2n) is 5.24. The third kappa shape index (κ3) is 3.22. The number of aryl methyl sites for hydroxylation is 1. The molecule has 0 saturated carbocycles. The summed E-state index contributed by atoms with van der Waals surface area (Å²) in [5, 5.41) is 4.03. The number of benzene rings is 1. The van der Waals surface area contributed by atoms with E-state index in [1.54, 1.807) is 35.6 Å². The predicted octanol–water partition coefficient (Wildman–Crippen LogP) is 4.19. The minimum Gasteiger partial charge on any atom is -0.399 e. The minimum atomic E-state index is -0.0843. The molecule has 21 heavy (non-hydrogen) atoms. The van der Waals surface area contributed by atoms with Crippen molar-refractivity contribution in [3.8, 4) is 0 Å². The summed E-state index contributed by atoms with van der Waals surface area (Å²) in [6.45, 7) is 2.11. The van der Waals surface area contributed by atoms with Gasteiger partial charge in [0.05, 0.1) is 5.00 Å². The summed E-state index contributed by atoms with van der Waals surface area (Å²) in [7, 11) is 0. The average molecular weight is 323 g/mol. The molecule has 5 heteroatoms. The molecule has 112 valence electrons. The monoisotopic (exact) mass is 322 g/mol. The Balaban J connectivity index is 0.00000161. The lowest BCUT2D eigenvalue weighted by Gasteiger charge is -2.10. The summed E-state index contributed by atoms with van der Waals surface area (Å²) in [6.07, 6.45) is 4.81. The fourth-order valence-corrected chi connectivity index (χ4v) is 3.99. The van der Waals surface area contributed by atoms with Crippen molar-refractivity contribution in [1.29, 1.82) is 0 Å². The molecule has 0 unspecified atom stereocenters. The largest absolute Gasteiger partial charge is 0.399 e. The summed E-state index contributed by atoms with van der Waals surface area (Å²) < 4.78 is 0. The first-order valence-electron chi connectivity index (χ1n) is 6.93. The highest BCUT2D eigenvalue weighted by Gasteiger charge is 2.19. The molecule has 1 aromatic carbocycles. The van der Waals surface area contributed by atoms with Crippen LogP contribution in [0.2, 0.25) is 0 Å². The van der Waals surface area contributed by atoms with Crippen LogP contribution in [0.15, 0.2) is 24.3 Å². The molecule has 0 bridgehead atoms. The van der Waals surface area contributed by atoms with Crippen molar-refractivity contribution in [2.45, 2.75) is 32.6 Å². The summed E-state index contributed by atoms with van der Waals surface area (Å²) in [4.78, 5) is 13.7. The maximum absolute atomic E-state index is 12.3. The highest BCUT2D eigenvalue weighted by Crippen LogP contribution is 2.37. The number of nitrogens with one attached hydrogen (secondary N) is 1. The number of nitrogens with two attached hydrogens (primary N) is 1. The smallest absolute Gasteiger partial charge is 0.256 e. The van der Waals surface area contributed by atoms with Crippen LogP contribution in [-0.2, 0) is 12.8 Å². The number of halogens is 1. The molecule has 3 N–H and O–H groups in total. The summed E-state index contributed by atoms with van der Waals surface area (Å²) in [5.74, 6) is -0.0843. The van der Waals surface area contributed by atoms with Crippen LogP contribution in [0.25, 0.3) is 0 Å². The molecule has 3 nitrogen and oxygen atoms in total. The van der Waals surface area contributed by atoms with E-state index < -0.39 is 0 Å². The Hall–Kier alpha value is -1.52. The van der Waals surface area contributed by atoms with Crippen molar-refractivity contribution in [2.75, 3.05) is 11.1 Å². The van der Waals surface area contributed by atoms with E-state index in [1.165, 1.54) is 28.8 Å². The Morgan fingerprint density at radius 1 is 1.29 bits per heavy atom. The second-order valence-corrected chi connectivity index (χ2v) is 6.35. The maximum Gasteiger partial charge on any atom is 0.256 e. The molecule has 0 atom stereocenters. The van der Waals surface area contributed by atoms with Gasteiger partial charge in [0, 0.05) is 16.1 Å². The molecule has 2 aromatic rings. The lowest BCUT2D eigenvalue weighted by Crippen LogP contribution is -2.12. The fraction of sp³-hybridized carbons (Fsp3) is 0.312. The van der Waals surface area contributed by atoms with Crippen molar-refractivity contribution in [3.05, 3.63) is 45.8 Å². The van der Waals surface area contributed by atoms with Gasteiger partial charge in [0.15, 0.2) is 0 Å². The van der Waals surface area contributed by atoms with Crippen LogP contribution in [-0.4, -0.2) is 5.91 Å². The molecular weight excluding hydrogens is 304 g/mol. The van der Waals surface area contributed by atoms with Crippen molar-refractivity contribution in [3.63, 3.8) is 0 Å². The topological polar surface area (TPSA) is 55.1 Å². The molecule has 0 radical (unpaired) electrons. The highest BCUT2D eigenvalue weighted by atomic mass is 35.5. The van der Waals surface area contributed by atoms with E-state index >= 15 is 0 Å². The molecule has 1 aliphatic carbocycles. The minimum absolute atomic E-state index is 0. The zero-order valence-electron chi connectivity index (χ0n) is 11.9. The number of anilines is 2. The number of fused-ring (bicyclic) bond motifs is 1. The zero-order valence-corrected chi connectivity index (χ0v) is 13.6. The van der Waals surface area contributed by atoms with Gasteiger partial charge in [0.25, 0.3) is 5.91 Å². The number of thiophene rings is 1. The van der Waals surface area contributed by atoms with E-state index in [9.17, 15) is 4.79 Å². The quantitative estimate of drug-likeness (QED) is 0.814. The molecular formula is C16H19ClN2OS. The Kier molecular flexibility index (Phi) is 4.91. The molecule has 0 aliphatic heterocycles. The van der Waals surface area contributed by atoms with Gasteiger partial charge in [0.1, 0.15) is 0 Å². The average Bonchev–Trinajstić information content (AvgIpc) is 2.76. The lowest BCUT2D eigenvalue weighted by atomic mass is 9.96. The number of nitrogen functional groups attached to an aromatic ring is 1. The van der Waals surface area contributed by atoms with Crippen molar-refractivity contribution in [2.24, 2.45) is 0 Å². The van der Waals surface area contributed by atoms with E-state index in [0.29, 0.717) is 11.3 Å². The number of hydrogen-bond acceptors (Lipinski definition) is 3. The molecule has 1 amide bonds. The van der Waals surface area contributed by atoms with E-state index in [0.717, 1.165) is 17.8 Å². The summed E-state index contributed by atoms with van der Waals surface area (Å²) in [5.41, 5.74) is 9.63. The van der Waals surface area contributed by atoms with Crippen LogP contribution in [0.1, 0.15) is 39.2 Å². The van der Waals surface area contributed by atoms with Gasteiger partial charge in [-0.15, -0.1) is 23.7 Å². The van der Waals surface area contributed by atoms with Crippen LogP contribution in [0.3, 0.4) is 0 Å². The molecule has 0 saturated heterocycles. The van der Waals surface area contributed by atoms with E-state index in [-0.39, 0.29) is 18.3 Å². The first-order chi connectivity index (χ1) is 9.65. The molecule has 0 fully saturated rings. The van der Waals surface area contributed by atoms with E-state index in [2.05, 4.69) is 12.2 Å². The van der Waals surface area contributed by atoms with Gasteiger partial charge in [-0.05, 0) is 61.9 Å². The first kappa shape index (κ1) is 15.9. The first-order valence-corrected chi connectivity index (χ1v) is 7.75. The number of amides is 1. The number of carbonyl (C=O) groups excluding carboxylic acids is 1. The van der Waals surface area contributed by atoms with Crippen molar-refractivity contribution >= 4 is 40.3 Å². The van der Waals surface area contributed by atoms with Gasteiger partial charge in [-0.2, -0.15) is 0 Å². The van der Waals surface area contributed by atoms with Gasteiger partial charge in [0.2, 0.25) is 0 Å². The standard InChI is InChI=1S/C16H18N2OS.ClH/c1-10-13-7-2-3-8-14(13)20-16(10)18-15(19)11-5-4-6-12(17)9-11;/h4-6,9H,2-3,7-8,17H2,1H3,(H,18,19);1H. The van der Waals surface area contributed by atoms with Crippen molar-refractivity contribution in [1.82, 2.24) is 0 Å². The Labute approximate surface area is 135 Å². The van der Waals surface area contributed by atoms with Crippen LogP contribution >= 0.6 is 23.7 Å². The zero-order chi connectivity index (χ0) is 14.1. The van der Waals surface area contributed by atoms with E-state index in [4.69, 9.17) is 5.73 Å². The highest BCUT2D eigenvalue weighted by molar-refractivity contribution is 7.16. The van der Waals surface area contributed by atoms with Crippen LogP contribution in [0.4, 0.5) is 10.7 Å². The third-order valence-electron chi connectivity index (χ3n) is 3.81. The molecule has 1 aromatic heterocycles. The Bertz CT molecular complexity index is 666. The maximum atomic E-state index is 12.3. The lowest BCUT2D eigenvalue weighted by molar-refractivity contribution is 0.102. The van der Waals surface area contributed by atoms with Crippen LogP contribution in [0.5, 0.6) is 0 Å². The fourth-order valence-electron chi connectivity index (χ4n) is 2.70.